The molecule has 0 aromatic heterocycles. The molecule has 0 aromatic carbocycles. The normalized spacial score (nSPS) is 10.5. The molecule has 0 saturated heterocycles. The minimum atomic E-state index is 0.837. The lowest BCUT2D eigenvalue weighted by Gasteiger charge is -1.95. The summed E-state index contributed by atoms with van der Waals surface area (Å²) >= 11 is 6.00. The van der Waals surface area contributed by atoms with E-state index in [1.165, 1.54) is 11.1 Å². The zero-order valence-corrected chi connectivity index (χ0v) is 7.60. The molecule has 2 rings (SSSR count). The van der Waals surface area contributed by atoms with E-state index in [1.54, 1.807) is 0 Å². The second-order valence-corrected chi connectivity index (χ2v) is 3.32. The van der Waals surface area contributed by atoms with Crippen LogP contribution in [0.15, 0.2) is 36.4 Å². The van der Waals surface area contributed by atoms with E-state index in [1.807, 2.05) is 24.3 Å². The highest BCUT2D eigenvalue weighted by molar-refractivity contribution is 6.33. The quantitative estimate of drug-likeness (QED) is 0.574. The van der Waals surface area contributed by atoms with Crippen molar-refractivity contribution in [2.75, 3.05) is 0 Å². The summed E-state index contributed by atoms with van der Waals surface area (Å²) in [5, 5.41) is 0.837. The predicted octanol–water partition coefficient (Wildman–Crippen LogP) is 3.75. The van der Waals surface area contributed by atoms with Gasteiger partial charge in [-0.2, -0.15) is 0 Å². The molecular formula is C11H9Cl. The fraction of sp³-hybridized carbons (Fsp3) is 0.0909. The van der Waals surface area contributed by atoms with E-state index in [0.29, 0.717) is 0 Å². The summed E-state index contributed by atoms with van der Waals surface area (Å²) in [6, 6.07) is 12.2. The highest BCUT2D eigenvalue weighted by Crippen LogP contribution is 2.32. The Balaban J connectivity index is 2.79. The molecule has 0 unspecified atom stereocenters. The first-order valence-electron chi connectivity index (χ1n) is 3.93. The molecule has 0 atom stereocenters. The summed E-state index contributed by atoms with van der Waals surface area (Å²) in [5.41, 5.74) is 3.64. The number of hydrogen-bond acceptors (Lipinski definition) is 0. The van der Waals surface area contributed by atoms with Crippen molar-refractivity contribution in [2.24, 2.45) is 0 Å². The van der Waals surface area contributed by atoms with E-state index < -0.39 is 0 Å². The zero-order valence-electron chi connectivity index (χ0n) is 6.84. The molecule has 0 saturated carbocycles. The van der Waals surface area contributed by atoms with Gasteiger partial charge in [0, 0.05) is 10.6 Å². The van der Waals surface area contributed by atoms with Crippen LogP contribution in [0.1, 0.15) is 5.56 Å². The molecule has 2 aliphatic rings. The SMILES string of the molecule is Cc1ccccc2c(Cl)ccc1-2. The molecule has 2 aliphatic carbocycles. The van der Waals surface area contributed by atoms with Crippen LogP contribution in [0.3, 0.4) is 0 Å². The van der Waals surface area contributed by atoms with E-state index in [0.717, 1.165) is 10.6 Å². The first kappa shape index (κ1) is 7.63. The average molecular weight is 177 g/mol. The molecule has 0 aliphatic heterocycles. The minimum Gasteiger partial charge on any atom is -0.0837 e. The molecule has 0 fully saturated rings. The van der Waals surface area contributed by atoms with E-state index in [9.17, 15) is 0 Å². The van der Waals surface area contributed by atoms with Gasteiger partial charge in [-0.25, -0.2) is 0 Å². The van der Waals surface area contributed by atoms with Crippen LogP contribution in [0, 0.1) is 6.92 Å². The first-order chi connectivity index (χ1) is 5.79. The highest BCUT2D eigenvalue weighted by atomic mass is 35.5. The van der Waals surface area contributed by atoms with Crippen LogP contribution in [-0.2, 0) is 0 Å². The van der Waals surface area contributed by atoms with Crippen molar-refractivity contribution in [2.45, 2.75) is 6.92 Å². The summed E-state index contributed by atoms with van der Waals surface area (Å²) in [5.74, 6) is 0. The number of fused-ring (bicyclic) bond motifs is 1. The fourth-order valence-corrected chi connectivity index (χ4v) is 1.65. The maximum atomic E-state index is 6.00. The van der Waals surface area contributed by atoms with Gasteiger partial charge in [-0.15, -0.1) is 0 Å². The fourth-order valence-electron chi connectivity index (χ4n) is 1.42. The average Bonchev–Trinajstić information content (AvgIpc) is 2.30. The van der Waals surface area contributed by atoms with Crippen molar-refractivity contribution in [3.8, 4) is 11.1 Å². The smallest absolute Gasteiger partial charge is 0.0484 e. The molecule has 60 valence electrons. The summed E-state index contributed by atoms with van der Waals surface area (Å²) in [7, 11) is 0. The molecule has 0 spiro atoms. The van der Waals surface area contributed by atoms with Crippen molar-refractivity contribution < 1.29 is 0 Å². The number of rotatable bonds is 0. The highest BCUT2D eigenvalue weighted by Gasteiger charge is 2.06. The van der Waals surface area contributed by atoms with Crippen LogP contribution in [-0.4, -0.2) is 0 Å². The molecule has 12 heavy (non-hydrogen) atoms. The van der Waals surface area contributed by atoms with E-state index in [4.69, 9.17) is 11.6 Å². The second-order valence-electron chi connectivity index (χ2n) is 2.91. The lowest BCUT2D eigenvalue weighted by molar-refractivity contribution is 1.52. The Morgan fingerprint density at radius 2 is 1.67 bits per heavy atom. The van der Waals surface area contributed by atoms with Crippen molar-refractivity contribution in [3.63, 3.8) is 0 Å². The Bertz CT molecular complexity index is 379. The molecular weight excluding hydrogens is 168 g/mol. The zero-order chi connectivity index (χ0) is 8.55. The maximum absolute atomic E-state index is 6.00. The van der Waals surface area contributed by atoms with Crippen LogP contribution in [0.4, 0.5) is 0 Å². The van der Waals surface area contributed by atoms with Gasteiger partial charge in [0.25, 0.3) is 0 Å². The Morgan fingerprint density at radius 3 is 2.50 bits per heavy atom. The van der Waals surface area contributed by atoms with E-state index in [-0.39, 0.29) is 0 Å². The van der Waals surface area contributed by atoms with Crippen LogP contribution < -0.4 is 0 Å². The standard InChI is InChI=1S/C11H9Cl/c1-8-4-2-3-5-10-9(8)6-7-11(10)12/h2-7H,1H3. The van der Waals surface area contributed by atoms with Gasteiger partial charge < -0.3 is 0 Å². The Morgan fingerprint density at radius 1 is 0.917 bits per heavy atom. The van der Waals surface area contributed by atoms with Crippen LogP contribution in [0.5, 0.6) is 0 Å². The second kappa shape index (κ2) is 2.80. The predicted molar refractivity (Wildman–Crippen MR) is 52.8 cm³/mol. The monoisotopic (exact) mass is 176 g/mol. The Kier molecular flexibility index (Phi) is 1.78. The molecule has 0 N–H and O–H groups in total. The van der Waals surface area contributed by atoms with Crippen molar-refractivity contribution >= 4 is 11.6 Å². The molecule has 0 bridgehead atoms. The van der Waals surface area contributed by atoms with Gasteiger partial charge in [0.1, 0.15) is 0 Å². The molecule has 0 amide bonds. The summed E-state index contributed by atoms with van der Waals surface area (Å²) in [4.78, 5) is 0. The van der Waals surface area contributed by atoms with Gasteiger partial charge in [0.15, 0.2) is 0 Å². The lowest BCUT2D eigenvalue weighted by Crippen LogP contribution is -1.71. The van der Waals surface area contributed by atoms with Gasteiger partial charge in [0.2, 0.25) is 0 Å². The number of hydrogen-bond donors (Lipinski definition) is 0. The van der Waals surface area contributed by atoms with Crippen LogP contribution in [0.25, 0.3) is 11.1 Å². The molecule has 1 heteroatoms. The molecule has 0 aromatic rings. The van der Waals surface area contributed by atoms with Gasteiger partial charge >= 0.3 is 0 Å². The van der Waals surface area contributed by atoms with Crippen molar-refractivity contribution in [3.05, 3.63) is 47.0 Å². The van der Waals surface area contributed by atoms with E-state index >= 15 is 0 Å². The molecule has 0 nitrogen and oxygen atoms in total. The third-order valence-electron chi connectivity index (χ3n) is 2.09. The van der Waals surface area contributed by atoms with Crippen molar-refractivity contribution in [1.29, 1.82) is 0 Å². The lowest BCUT2D eigenvalue weighted by atomic mass is 10.1. The Labute approximate surface area is 77.1 Å². The van der Waals surface area contributed by atoms with Crippen LogP contribution in [0.2, 0.25) is 5.02 Å². The third kappa shape index (κ3) is 1.09. The number of aryl methyl sites for hydroxylation is 1. The van der Waals surface area contributed by atoms with Gasteiger partial charge in [0.05, 0.1) is 0 Å². The molecule has 0 radical (unpaired) electrons. The third-order valence-corrected chi connectivity index (χ3v) is 2.42. The number of halogens is 1. The van der Waals surface area contributed by atoms with Gasteiger partial charge in [-0.1, -0.05) is 41.9 Å². The van der Waals surface area contributed by atoms with Crippen molar-refractivity contribution in [1.82, 2.24) is 0 Å². The summed E-state index contributed by atoms with van der Waals surface area (Å²) in [6.07, 6.45) is 0. The first-order valence-corrected chi connectivity index (χ1v) is 4.30. The summed E-state index contributed by atoms with van der Waals surface area (Å²) in [6.45, 7) is 2.10. The van der Waals surface area contributed by atoms with Crippen LogP contribution >= 0.6 is 11.6 Å². The van der Waals surface area contributed by atoms with Gasteiger partial charge in [-0.3, -0.25) is 0 Å². The maximum Gasteiger partial charge on any atom is 0.0484 e. The Hall–Kier alpha value is -1.01. The van der Waals surface area contributed by atoms with Gasteiger partial charge in [-0.05, 0) is 24.1 Å². The van der Waals surface area contributed by atoms with E-state index in [2.05, 4.69) is 19.1 Å². The molecule has 0 heterocycles. The largest absolute Gasteiger partial charge is 0.0837 e. The minimum absolute atomic E-state index is 0.837. The summed E-state index contributed by atoms with van der Waals surface area (Å²) < 4.78 is 0. The topological polar surface area (TPSA) is 0 Å².